The molecule has 0 bridgehead atoms. The van der Waals surface area contributed by atoms with Crippen LogP contribution >= 0.6 is 0 Å². The first-order valence-electron chi connectivity index (χ1n) is 4.00. The lowest BCUT2D eigenvalue weighted by Gasteiger charge is -2.00. The number of amides is 1. The van der Waals surface area contributed by atoms with E-state index in [1.165, 1.54) is 31.3 Å². The Bertz CT molecular complexity index is 462. The van der Waals surface area contributed by atoms with Gasteiger partial charge in [0.2, 0.25) is 0 Å². The Hall–Kier alpha value is -2.42. The van der Waals surface area contributed by atoms with Gasteiger partial charge in [0.15, 0.2) is 6.19 Å². The molecule has 1 rings (SSSR count). The molecule has 0 aliphatic heterocycles. The highest BCUT2D eigenvalue weighted by Crippen LogP contribution is 2.18. The summed E-state index contributed by atoms with van der Waals surface area (Å²) in [5, 5.41) is 20.6. The number of nitrogens with zero attached hydrogens (tertiary/aromatic N) is 2. The highest BCUT2D eigenvalue weighted by Gasteiger charge is 2.13. The van der Waals surface area contributed by atoms with E-state index in [-0.39, 0.29) is 11.3 Å². The van der Waals surface area contributed by atoms with Crippen molar-refractivity contribution in [3.8, 4) is 6.19 Å². The molecule has 0 spiro atoms. The predicted octanol–water partition coefficient (Wildman–Crippen LogP) is 1.11. The Labute approximate surface area is 85.3 Å². The van der Waals surface area contributed by atoms with Crippen LogP contribution in [0.1, 0.15) is 15.9 Å². The van der Waals surface area contributed by atoms with Gasteiger partial charge in [-0.05, 0) is 19.1 Å². The van der Waals surface area contributed by atoms with Gasteiger partial charge in [-0.2, -0.15) is 5.26 Å². The highest BCUT2D eigenvalue weighted by molar-refractivity contribution is 5.95. The monoisotopic (exact) mass is 205 g/mol. The third-order valence-corrected chi connectivity index (χ3v) is 1.83. The number of hydrogen-bond donors (Lipinski definition) is 1. The lowest BCUT2D eigenvalue weighted by molar-refractivity contribution is -0.385. The number of aryl methyl sites for hydroxylation is 1. The number of rotatable bonds is 2. The van der Waals surface area contributed by atoms with Gasteiger partial charge >= 0.3 is 0 Å². The standard InChI is InChI=1S/C9H7N3O3/c1-6-4-7(9(13)11-5-10)2-3-8(6)12(14)15/h2-4H,1H3,(H,11,13). The summed E-state index contributed by atoms with van der Waals surface area (Å²) in [6.45, 7) is 1.53. The Morgan fingerprint density at radius 2 is 2.27 bits per heavy atom. The molecule has 0 aliphatic rings. The first-order valence-corrected chi connectivity index (χ1v) is 4.00. The lowest BCUT2D eigenvalue weighted by Crippen LogP contribution is -2.17. The minimum atomic E-state index is -0.574. The van der Waals surface area contributed by atoms with E-state index < -0.39 is 10.8 Å². The lowest BCUT2D eigenvalue weighted by atomic mass is 10.1. The molecule has 76 valence electrons. The molecule has 0 saturated carbocycles. The van der Waals surface area contributed by atoms with Crippen LogP contribution in [0.25, 0.3) is 0 Å². The largest absolute Gasteiger partial charge is 0.272 e. The maximum absolute atomic E-state index is 11.2. The molecule has 0 aliphatic carbocycles. The summed E-state index contributed by atoms with van der Waals surface area (Å²) in [6.07, 6.45) is 1.49. The maximum Gasteiger partial charge on any atom is 0.272 e. The highest BCUT2D eigenvalue weighted by atomic mass is 16.6. The van der Waals surface area contributed by atoms with Gasteiger partial charge in [0, 0.05) is 17.2 Å². The number of carbonyl (C=O) groups is 1. The maximum atomic E-state index is 11.2. The van der Waals surface area contributed by atoms with Crippen molar-refractivity contribution in [3.05, 3.63) is 39.4 Å². The van der Waals surface area contributed by atoms with Crippen LogP contribution < -0.4 is 5.32 Å². The summed E-state index contributed by atoms with van der Waals surface area (Å²) in [5.41, 5.74) is 0.550. The van der Waals surface area contributed by atoms with Crippen LogP contribution in [0.2, 0.25) is 0 Å². The average Bonchev–Trinajstić information content (AvgIpc) is 2.17. The fourth-order valence-corrected chi connectivity index (χ4v) is 1.12. The fourth-order valence-electron chi connectivity index (χ4n) is 1.12. The van der Waals surface area contributed by atoms with Crippen LogP contribution in [-0.2, 0) is 0 Å². The van der Waals surface area contributed by atoms with E-state index in [0.717, 1.165) is 0 Å². The van der Waals surface area contributed by atoms with Crippen molar-refractivity contribution in [2.75, 3.05) is 0 Å². The first-order chi connectivity index (χ1) is 7.06. The van der Waals surface area contributed by atoms with Crippen molar-refractivity contribution in [1.82, 2.24) is 5.32 Å². The number of nitro groups is 1. The molecule has 1 amide bonds. The Kier molecular flexibility index (Phi) is 2.98. The zero-order chi connectivity index (χ0) is 11.4. The van der Waals surface area contributed by atoms with E-state index in [2.05, 4.69) is 0 Å². The van der Waals surface area contributed by atoms with Crippen molar-refractivity contribution < 1.29 is 9.72 Å². The Balaban J connectivity index is 3.08. The second-order valence-corrected chi connectivity index (χ2v) is 2.82. The SMILES string of the molecule is Cc1cc(C(=O)NC#N)ccc1[N+](=O)[O-]. The third-order valence-electron chi connectivity index (χ3n) is 1.83. The summed E-state index contributed by atoms with van der Waals surface area (Å²) in [5.74, 6) is -0.574. The molecule has 0 saturated heterocycles. The van der Waals surface area contributed by atoms with Crippen molar-refractivity contribution in [2.24, 2.45) is 0 Å². The molecular weight excluding hydrogens is 198 g/mol. The number of hydrogen-bond acceptors (Lipinski definition) is 4. The van der Waals surface area contributed by atoms with E-state index in [4.69, 9.17) is 5.26 Å². The molecule has 0 unspecified atom stereocenters. The third kappa shape index (κ3) is 2.28. The molecular formula is C9H7N3O3. The molecule has 0 heterocycles. The van der Waals surface area contributed by atoms with Crippen LogP contribution in [-0.4, -0.2) is 10.8 Å². The second kappa shape index (κ2) is 4.19. The van der Waals surface area contributed by atoms with Gasteiger partial charge in [0.25, 0.3) is 11.6 Å². The summed E-state index contributed by atoms with van der Waals surface area (Å²) in [7, 11) is 0. The average molecular weight is 205 g/mol. The molecule has 6 nitrogen and oxygen atoms in total. The minimum Gasteiger partial charge on any atom is -0.268 e. The zero-order valence-electron chi connectivity index (χ0n) is 7.85. The Morgan fingerprint density at radius 3 is 2.73 bits per heavy atom. The molecule has 0 fully saturated rings. The fraction of sp³-hybridized carbons (Fsp3) is 0.111. The normalized spacial score (nSPS) is 9.07. The summed E-state index contributed by atoms with van der Waals surface area (Å²) in [6, 6.07) is 3.91. The van der Waals surface area contributed by atoms with Gasteiger partial charge < -0.3 is 0 Å². The smallest absolute Gasteiger partial charge is 0.268 e. The number of nitrogens with one attached hydrogen (secondary N) is 1. The number of benzene rings is 1. The van der Waals surface area contributed by atoms with Gasteiger partial charge in [0.1, 0.15) is 0 Å². The van der Waals surface area contributed by atoms with E-state index in [9.17, 15) is 14.9 Å². The summed E-state index contributed by atoms with van der Waals surface area (Å²) >= 11 is 0. The van der Waals surface area contributed by atoms with Crippen molar-refractivity contribution >= 4 is 11.6 Å². The van der Waals surface area contributed by atoms with Gasteiger partial charge in [-0.25, -0.2) is 0 Å². The van der Waals surface area contributed by atoms with Gasteiger partial charge in [0.05, 0.1) is 4.92 Å². The van der Waals surface area contributed by atoms with Crippen LogP contribution in [0.3, 0.4) is 0 Å². The van der Waals surface area contributed by atoms with Crippen LogP contribution in [0.15, 0.2) is 18.2 Å². The van der Waals surface area contributed by atoms with Crippen LogP contribution in [0, 0.1) is 28.5 Å². The zero-order valence-corrected chi connectivity index (χ0v) is 7.85. The molecule has 0 radical (unpaired) electrons. The molecule has 15 heavy (non-hydrogen) atoms. The predicted molar refractivity (Wildman–Crippen MR) is 50.9 cm³/mol. The molecule has 1 N–H and O–H groups in total. The van der Waals surface area contributed by atoms with Crippen LogP contribution in [0.4, 0.5) is 5.69 Å². The number of nitro benzene ring substituents is 1. The van der Waals surface area contributed by atoms with Crippen molar-refractivity contribution in [2.45, 2.75) is 6.92 Å². The quantitative estimate of drug-likeness (QED) is 0.338. The molecule has 0 atom stereocenters. The van der Waals surface area contributed by atoms with E-state index in [1.54, 1.807) is 0 Å². The van der Waals surface area contributed by atoms with Crippen LogP contribution in [0.5, 0.6) is 0 Å². The van der Waals surface area contributed by atoms with Crippen molar-refractivity contribution in [1.29, 1.82) is 5.26 Å². The summed E-state index contributed by atoms with van der Waals surface area (Å²) < 4.78 is 0. The van der Waals surface area contributed by atoms with E-state index in [0.29, 0.717) is 5.56 Å². The second-order valence-electron chi connectivity index (χ2n) is 2.82. The summed E-state index contributed by atoms with van der Waals surface area (Å²) in [4.78, 5) is 21.1. The Morgan fingerprint density at radius 1 is 1.60 bits per heavy atom. The minimum absolute atomic E-state index is 0.0523. The first kappa shape index (κ1) is 10.7. The molecule has 1 aromatic rings. The topological polar surface area (TPSA) is 96.0 Å². The number of carbonyl (C=O) groups excluding carboxylic acids is 1. The van der Waals surface area contributed by atoms with Gasteiger partial charge in [-0.15, -0.1) is 0 Å². The number of nitriles is 1. The molecule has 1 aromatic carbocycles. The van der Waals surface area contributed by atoms with Crippen molar-refractivity contribution in [3.63, 3.8) is 0 Å². The molecule has 6 heteroatoms. The van der Waals surface area contributed by atoms with Gasteiger partial charge in [-0.1, -0.05) is 0 Å². The van der Waals surface area contributed by atoms with E-state index >= 15 is 0 Å². The molecule has 0 aromatic heterocycles. The van der Waals surface area contributed by atoms with Gasteiger partial charge in [-0.3, -0.25) is 20.2 Å². The van der Waals surface area contributed by atoms with E-state index in [1.807, 2.05) is 5.32 Å².